The Morgan fingerprint density at radius 1 is 1.23 bits per heavy atom. The fourth-order valence-electron chi connectivity index (χ4n) is 3.24. The van der Waals surface area contributed by atoms with Gasteiger partial charge < -0.3 is 15.4 Å². The molecule has 0 unspecified atom stereocenters. The van der Waals surface area contributed by atoms with Crippen molar-refractivity contribution in [1.82, 2.24) is 15.3 Å². The molecule has 0 bridgehead atoms. The van der Waals surface area contributed by atoms with Crippen molar-refractivity contribution in [2.75, 3.05) is 19.0 Å². The van der Waals surface area contributed by atoms with Crippen molar-refractivity contribution in [3.8, 4) is 5.75 Å². The van der Waals surface area contributed by atoms with Gasteiger partial charge in [0.1, 0.15) is 11.4 Å². The molecule has 138 valence electrons. The molecule has 1 aromatic heterocycles. The first-order valence-electron chi connectivity index (χ1n) is 9.17. The Morgan fingerprint density at radius 3 is 2.81 bits per heavy atom. The predicted octanol–water partition coefficient (Wildman–Crippen LogP) is 3.12. The van der Waals surface area contributed by atoms with E-state index >= 15 is 0 Å². The quantitative estimate of drug-likeness (QED) is 0.799. The highest BCUT2D eigenvalue weighted by Crippen LogP contribution is 2.21. The van der Waals surface area contributed by atoms with Gasteiger partial charge in [0.15, 0.2) is 0 Å². The lowest BCUT2D eigenvalue weighted by atomic mass is 10.1. The van der Waals surface area contributed by atoms with Crippen LogP contribution < -0.4 is 15.4 Å². The number of carbonyl (C=O) groups is 1. The van der Waals surface area contributed by atoms with Gasteiger partial charge in [-0.05, 0) is 49.9 Å². The molecule has 0 radical (unpaired) electrons. The molecule has 0 aliphatic heterocycles. The van der Waals surface area contributed by atoms with E-state index in [0.29, 0.717) is 24.2 Å². The van der Waals surface area contributed by atoms with Gasteiger partial charge in [0.25, 0.3) is 5.91 Å². The maximum absolute atomic E-state index is 12.4. The molecule has 1 amide bonds. The number of aryl methyl sites for hydroxylation is 1. The molecule has 1 heterocycles. The highest BCUT2D eigenvalue weighted by Gasteiger charge is 2.17. The molecule has 26 heavy (non-hydrogen) atoms. The highest BCUT2D eigenvalue weighted by atomic mass is 16.5. The minimum atomic E-state index is -0.173. The molecule has 1 aliphatic carbocycles. The molecular formula is C20H26N4O2. The Labute approximate surface area is 154 Å². The van der Waals surface area contributed by atoms with Crippen molar-refractivity contribution in [2.24, 2.45) is 0 Å². The number of aromatic nitrogens is 2. The SMILES string of the molecule is COc1cccc(CCNC(=O)c2cc(C)nc(NC3CCCC3)n2)c1. The Morgan fingerprint density at radius 2 is 2.04 bits per heavy atom. The third-order valence-electron chi connectivity index (χ3n) is 4.61. The summed E-state index contributed by atoms with van der Waals surface area (Å²) < 4.78 is 5.22. The summed E-state index contributed by atoms with van der Waals surface area (Å²) in [5.74, 6) is 1.20. The van der Waals surface area contributed by atoms with Crippen LogP contribution in [0.2, 0.25) is 0 Å². The number of benzene rings is 1. The zero-order valence-electron chi connectivity index (χ0n) is 15.4. The van der Waals surface area contributed by atoms with Gasteiger partial charge in [-0.1, -0.05) is 25.0 Å². The van der Waals surface area contributed by atoms with Gasteiger partial charge in [-0.25, -0.2) is 9.97 Å². The second-order valence-electron chi connectivity index (χ2n) is 6.70. The maximum atomic E-state index is 12.4. The summed E-state index contributed by atoms with van der Waals surface area (Å²) in [5, 5.41) is 6.29. The summed E-state index contributed by atoms with van der Waals surface area (Å²) in [6.45, 7) is 2.43. The number of hydrogen-bond acceptors (Lipinski definition) is 5. The minimum absolute atomic E-state index is 0.173. The lowest BCUT2D eigenvalue weighted by molar-refractivity contribution is 0.0949. The molecule has 0 spiro atoms. The smallest absolute Gasteiger partial charge is 0.270 e. The fourth-order valence-corrected chi connectivity index (χ4v) is 3.24. The summed E-state index contributed by atoms with van der Waals surface area (Å²) >= 11 is 0. The molecule has 1 aliphatic rings. The lowest BCUT2D eigenvalue weighted by Crippen LogP contribution is -2.27. The van der Waals surface area contributed by atoms with Gasteiger partial charge in [0.2, 0.25) is 5.95 Å². The number of nitrogens with zero attached hydrogens (tertiary/aromatic N) is 2. The van der Waals surface area contributed by atoms with Crippen molar-refractivity contribution in [1.29, 1.82) is 0 Å². The van der Waals surface area contributed by atoms with Crippen LogP contribution in [-0.2, 0) is 6.42 Å². The average Bonchev–Trinajstić information content (AvgIpc) is 3.14. The van der Waals surface area contributed by atoms with E-state index in [9.17, 15) is 4.79 Å². The van der Waals surface area contributed by atoms with Crippen molar-refractivity contribution in [3.63, 3.8) is 0 Å². The standard InChI is InChI=1S/C20H26N4O2/c1-14-12-18(24-20(22-14)23-16-7-3-4-8-16)19(25)21-11-10-15-6-5-9-17(13-15)26-2/h5-6,9,12-13,16H,3-4,7-8,10-11H2,1-2H3,(H,21,25)(H,22,23,24). The number of hydrogen-bond donors (Lipinski definition) is 2. The van der Waals surface area contributed by atoms with Crippen LogP contribution >= 0.6 is 0 Å². The lowest BCUT2D eigenvalue weighted by Gasteiger charge is -2.13. The number of nitrogens with one attached hydrogen (secondary N) is 2. The largest absolute Gasteiger partial charge is 0.497 e. The molecule has 2 aromatic rings. The summed E-state index contributed by atoms with van der Waals surface area (Å²) in [5.41, 5.74) is 2.31. The summed E-state index contributed by atoms with van der Waals surface area (Å²) in [6, 6.07) is 9.99. The molecule has 1 fully saturated rings. The van der Waals surface area contributed by atoms with E-state index in [1.807, 2.05) is 31.2 Å². The number of methoxy groups -OCH3 is 1. The van der Waals surface area contributed by atoms with Crippen LogP contribution in [0.3, 0.4) is 0 Å². The molecule has 3 rings (SSSR count). The number of rotatable bonds is 7. The van der Waals surface area contributed by atoms with E-state index in [4.69, 9.17) is 4.74 Å². The van der Waals surface area contributed by atoms with E-state index in [1.54, 1.807) is 13.2 Å². The van der Waals surface area contributed by atoms with E-state index < -0.39 is 0 Å². The Balaban J connectivity index is 1.57. The van der Waals surface area contributed by atoms with Crippen molar-refractivity contribution in [2.45, 2.75) is 45.1 Å². The minimum Gasteiger partial charge on any atom is -0.497 e. The summed E-state index contributed by atoms with van der Waals surface area (Å²) in [4.78, 5) is 21.3. The van der Waals surface area contributed by atoms with Crippen LogP contribution in [0.1, 0.15) is 47.4 Å². The van der Waals surface area contributed by atoms with Crippen molar-refractivity contribution in [3.05, 3.63) is 47.3 Å². The molecule has 6 heteroatoms. The number of amides is 1. The van der Waals surface area contributed by atoms with Gasteiger partial charge in [-0.2, -0.15) is 0 Å². The highest BCUT2D eigenvalue weighted by molar-refractivity contribution is 5.92. The second-order valence-corrected chi connectivity index (χ2v) is 6.70. The molecule has 0 atom stereocenters. The van der Waals surface area contributed by atoms with Gasteiger partial charge in [0.05, 0.1) is 7.11 Å². The number of ether oxygens (including phenoxy) is 1. The Bertz CT molecular complexity index is 757. The zero-order chi connectivity index (χ0) is 18.4. The second kappa shape index (κ2) is 8.65. The van der Waals surface area contributed by atoms with Crippen LogP contribution in [-0.4, -0.2) is 35.6 Å². The van der Waals surface area contributed by atoms with E-state index in [2.05, 4.69) is 20.6 Å². The van der Waals surface area contributed by atoms with Crippen LogP contribution in [0.4, 0.5) is 5.95 Å². The van der Waals surface area contributed by atoms with Crippen LogP contribution in [0.5, 0.6) is 5.75 Å². The van der Waals surface area contributed by atoms with Gasteiger partial charge in [0, 0.05) is 18.3 Å². The summed E-state index contributed by atoms with van der Waals surface area (Å²) in [6.07, 6.45) is 5.49. The molecular weight excluding hydrogens is 328 g/mol. The topological polar surface area (TPSA) is 76.1 Å². The normalized spacial score (nSPS) is 14.2. The van der Waals surface area contributed by atoms with Crippen molar-refractivity contribution >= 4 is 11.9 Å². The third-order valence-corrected chi connectivity index (χ3v) is 4.61. The predicted molar refractivity (Wildman–Crippen MR) is 102 cm³/mol. The van der Waals surface area contributed by atoms with E-state index in [0.717, 1.165) is 36.3 Å². The first kappa shape index (κ1) is 18.2. The molecule has 6 nitrogen and oxygen atoms in total. The number of anilines is 1. The Kier molecular flexibility index (Phi) is 6.04. The van der Waals surface area contributed by atoms with E-state index in [-0.39, 0.29) is 5.91 Å². The molecule has 0 saturated heterocycles. The zero-order valence-corrected chi connectivity index (χ0v) is 15.4. The molecule has 1 saturated carbocycles. The number of carbonyl (C=O) groups excluding carboxylic acids is 1. The maximum Gasteiger partial charge on any atom is 0.270 e. The third kappa shape index (κ3) is 4.94. The van der Waals surface area contributed by atoms with Crippen molar-refractivity contribution < 1.29 is 9.53 Å². The average molecular weight is 354 g/mol. The first-order valence-corrected chi connectivity index (χ1v) is 9.17. The van der Waals surface area contributed by atoms with E-state index in [1.165, 1.54) is 12.8 Å². The fraction of sp³-hybridized carbons (Fsp3) is 0.450. The molecule has 1 aromatic carbocycles. The van der Waals surface area contributed by atoms with Crippen LogP contribution in [0, 0.1) is 6.92 Å². The van der Waals surface area contributed by atoms with Gasteiger partial charge >= 0.3 is 0 Å². The summed E-state index contributed by atoms with van der Waals surface area (Å²) in [7, 11) is 1.65. The first-order chi connectivity index (χ1) is 12.6. The molecule has 2 N–H and O–H groups in total. The van der Waals surface area contributed by atoms with Crippen LogP contribution in [0.25, 0.3) is 0 Å². The Hall–Kier alpha value is -2.63. The monoisotopic (exact) mass is 354 g/mol. The van der Waals surface area contributed by atoms with Gasteiger partial charge in [-0.3, -0.25) is 4.79 Å². The van der Waals surface area contributed by atoms with Crippen LogP contribution in [0.15, 0.2) is 30.3 Å². The van der Waals surface area contributed by atoms with Gasteiger partial charge in [-0.15, -0.1) is 0 Å².